The van der Waals surface area contributed by atoms with Crippen LogP contribution in [0.25, 0.3) is 0 Å². The molecule has 29 heavy (non-hydrogen) atoms. The standard InChI is InChI=1S/C22H37N5O2/c1-18-7-5-8-21(17-18)27-15-13-26(14-16-27)12-9-19(2)24-22(29)25(4)11-6-10-23-20(3)28/h5,7-8,17,19H,6,9-16H2,1-4H3,(H,23,28)(H,24,29). The molecule has 0 saturated carbocycles. The van der Waals surface area contributed by atoms with Crippen molar-refractivity contribution in [2.24, 2.45) is 0 Å². The first-order valence-corrected chi connectivity index (χ1v) is 10.6. The summed E-state index contributed by atoms with van der Waals surface area (Å²) in [5, 5.41) is 5.82. The number of aryl methyl sites for hydroxylation is 1. The summed E-state index contributed by atoms with van der Waals surface area (Å²) in [4.78, 5) is 29.7. The predicted molar refractivity (Wildman–Crippen MR) is 118 cm³/mol. The number of amides is 3. The van der Waals surface area contributed by atoms with Gasteiger partial charge in [0.1, 0.15) is 0 Å². The number of piperazine rings is 1. The second-order valence-corrected chi connectivity index (χ2v) is 8.06. The number of benzene rings is 1. The van der Waals surface area contributed by atoms with Crippen molar-refractivity contribution in [3.05, 3.63) is 29.8 Å². The molecule has 0 aromatic heterocycles. The fourth-order valence-electron chi connectivity index (χ4n) is 3.51. The average molecular weight is 404 g/mol. The molecule has 162 valence electrons. The molecular weight excluding hydrogens is 366 g/mol. The van der Waals surface area contributed by atoms with Crippen LogP contribution in [0.3, 0.4) is 0 Å². The molecule has 1 atom stereocenters. The number of carbonyl (C=O) groups excluding carboxylic acids is 2. The first kappa shape index (κ1) is 23.0. The fourth-order valence-corrected chi connectivity index (χ4v) is 3.51. The number of nitrogens with one attached hydrogen (secondary N) is 2. The monoisotopic (exact) mass is 403 g/mol. The first-order chi connectivity index (χ1) is 13.8. The van der Waals surface area contributed by atoms with Crippen LogP contribution >= 0.6 is 0 Å². The average Bonchev–Trinajstić information content (AvgIpc) is 2.69. The van der Waals surface area contributed by atoms with Crippen molar-refractivity contribution >= 4 is 17.6 Å². The van der Waals surface area contributed by atoms with Crippen LogP contribution in [0, 0.1) is 6.92 Å². The van der Waals surface area contributed by atoms with E-state index < -0.39 is 0 Å². The minimum absolute atomic E-state index is 0.0366. The lowest BCUT2D eigenvalue weighted by Gasteiger charge is -2.36. The van der Waals surface area contributed by atoms with E-state index in [0.717, 1.165) is 45.6 Å². The van der Waals surface area contributed by atoms with Crippen molar-refractivity contribution < 1.29 is 9.59 Å². The van der Waals surface area contributed by atoms with E-state index in [-0.39, 0.29) is 18.0 Å². The zero-order chi connectivity index (χ0) is 21.2. The number of anilines is 1. The molecule has 2 rings (SSSR count). The largest absolute Gasteiger partial charge is 0.369 e. The molecule has 1 aliphatic rings. The molecular formula is C22H37N5O2. The van der Waals surface area contributed by atoms with Crippen molar-refractivity contribution in [3.8, 4) is 0 Å². The molecule has 3 amide bonds. The second-order valence-electron chi connectivity index (χ2n) is 8.06. The van der Waals surface area contributed by atoms with E-state index in [1.165, 1.54) is 18.2 Å². The van der Waals surface area contributed by atoms with Crippen molar-refractivity contribution in [2.45, 2.75) is 39.7 Å². The summed E-state index contributed by atoms with van der Waals surface area (Å²) in [6, 6.07) is 8.78. The molecule has 0 spiro atoms. The van der Waals surface area contributed by atoms with E-state index in [1.54, 1.807) is 11.9 Å². The summed E-state index contributed by atoms with van der Waals surface area (Å²) in [5.41, 5.74) is 2.61. The zero-order valence-electron chi connectivity index (χ0n) is 18.4. The second kappa shape index (κ2) is 11.7. The van der Waals surface area contributed by atoms with Crippen molar-refractivity contribution in [2.75, 3.05) is 57.8 Å². The normalized spacial score (nSPS) is 15.7. The Kier molecular flexibility index (Phi) is 9.25. The predicted octanol–water partition coefficient (Wildman–Crippen LogP) is 2.06. The van der Waals surface area contributed by atoms with Crippen LogP contribution in [0.1, 0.15) is 32.3 Å². The van der Waals surface area contributed by atoms with Gasteiger partial charge in [-0.3, -0.25) is 9.69 Å². The van der Waals surface area contributed by atoms with E-state index >= 15 is 0 Å². The summed E-state index contributed by atoms with van der Waals surface area (Å²) >= 11 is 0. The van der Waals surface area contributed by atoms with E-state index in [9.17, 15) is 9.59 Å². The number of carbonyl (C=O) groups is 2. The Labute approximate surface area is 175 Å². The van der Waals surface area contributed by atoms with Gasteiger partial charge in [0.2, 0.25) is 5.91 Å². The van der Waals surface area contributed by atoms with E-state index in [0.29, 0.717) is 13.1 Å². The van der Waals surface area contributed by atoms with Crippen LogP contribution in [0.15, 0.2) is 24.3 Å². The van der Waals surface area contributed by atoms with Crippen LogP contribution in [-0.4, -0.2) is 80.6 Å². The van der Waals surface area contributed by atoms with Gasteiger partial charge in [-0.2, -0.15) is 0 Å². The molecule has 1 aliphatic heterocycles. The Morgan fingerprint density at radius 3 is 2.59 bits per heavy atom. The minimum Gasteiger partial charge on any atom is -0.369 e. The first-order valence-electron chi connectivity index (χ1n) is 10.6. The third kappa shape index (κ3) is 8.31. The van der Waals surface area contributed by atoms with E-state index in [4.69, 9.17) is 0 Å². The third-order valence-electron chi connectivity index (χ3n) is 5.38. The van der Waals surface area contributed by atoms with Crippen LogP contribution < -0.4 is 15.5 Å². The lowest BCUT2D eigenvalue weighted by atomic mass is 10.1. The van der Waals surface area contributed by atoms with Crippen molar-refractivity contribution in [3.63, 3.8) is 0 Å². The Balaban J connectivity index is 1.62. The number of hydrogen-bond acceptors (Lipinski definition) is 4. The Bertz CT molecular complexity index is 658. The van der Waals surface area contributed by atoms with Gasteiger partial charge in [-0.25, -0.2) is 4.79 Å². The topological polar surface area (TPSA) is 67.9 Å². The van der Waals surface area contributed by atoms with E-state index in [1.807, 2.05) is 0 Å². The Hall–Kier alpha value is -2.28. The highest BCUT2D eigenvalue weighted by Gasteiger charge is 2.18. The van der Waals surface area contributed by atoms with E-state index in [2.05, 4.69) is 58.5 Å². The maximum Gasteiger partial charge on any atom is 0.317 e. The highest BCUT2D eigenvalue weighted by atomic mass is 16.2. The summed E-state index contributed by atoms with van der Waals surface area (Å²) in [6.45, 7) is 12.1. The van der Waals surface area contributed by atoms with Crippen LogP contribution in [0.4, 0.5) is 10.5 Å². The maximum atomic E-state index is 12.3. The van der Waals surface area contributed by atoms with Gasteiger partial charge < -0.3 is 20.4 Å². The van der Waals surface area contributed by atoms with Crippen LogP contribution in [-0.2, 0) is 4.79 Å². The molecule has 1 fully saturated rings. The number of hydrogen-bond donors (Lipinski definition) is 2. The highest BCUT2D eigenvalue weighted by Crippen LogP contribution is 2.17. The zero-order valence-corrected chi connectivity index (χ0v) is 18.4. The Morgan fingerprint density at radius 2 is 1.93 bits per heavy atom. The van der Waals surface area contributed by atoms with Gasteiger partial charge in [0.15, 0.2) is 0 Å². The molecule has 7 nitrogen and oxygen atoms in total. The number of urea groups is 1. The van der Waals surface area contributed by atoms with Crippen LogP contribution in [0.5, 0.6) is 0 Å². The van der Waals surface area contributed by atoms with Crippen LogP contribution in [0.2, 0.25) is 0 Å². The third-order valence-corrected chi connectivity index (χ3v) is 5.38. The van der Waals surface area contributed by atoms with Crippen molar-refractivity contribution in [1.29, 1.82) is 0 Å². The molecule has 0 bridgehead atoms. The molecule has 0 radical (unpaired) electrons. The molecule has 7 heteroatoms. The molecule has 1 unspecified atom stereocenters. The summed E-state index contributed by atoms with van der Waals surface area (Å²) < 4.78 is 0. The summed E-state index contributed by atoms with van der Waals surface area (Å²) in [5.74, 6) is -0.0366. The number of nitrogens with zero attached hydrogens (tertiary/aromatic N) is 3. The fraction of sp³-hybridized carbons (Fsp3) is 0.636. The van der Waals surface area contributed by atoms with Gasteiger partial charge in [-0.1, -0.05) is 12.1 Å². The number of rotatable bonds is 9. The van der Waals surface area contributed by atoms with Gasteiger partial charge in [0.05, 0.1) is 0 Å². The minimum atomic E-state index is -0.0513. The molecule has 1 aromatic rings. The molecule has 0 aliphatic carbocycles. The lowest BCUT2D eigenvalue weighted by Crippen LogP contribution is -2.48. The molecule has 2 N–H and O–H groups in total. The van der Waals surface area contributed by atoms with Gasteiger partial charge in [0.25, 0.3) is 0 Å². The molecule has 1 saturated heterocycles. The Morgan fingerprint density at radius 1 is 1.21 bits per heavy atom. The maximum absolute atomic E-state index is 12.3. The summed E-state index contributed by atoms with van der Waals surface area (Å²) in [6.07, 6.45) is 1.69. The molecule has 1 heterocycles. The molecule has 1 aromatic carbocycles. The van der Waals surface area contributed by atoms with Gasteiger partial charge in [-0.05, 0) is 44.4 Å². The smallest absolute Gasteiger partial charge is 0.317 e. The summed E-state index contributed by atoms with van der Waals surface area (Å²) in [7, 11) is 1.79. The van der Waals surface area contributed by atoms with Gasteiger partial charge in [-0.15, -0.1) is 0 Å². The lowest BCUT2D eigenvalue weighted by molar-refractivity contribution is -0.118. The SMILES string of the molecule is CC(=O)NCCCN(C)C(=O)NC(C)CCN1CCN(c2cccc(C)c2)CC1. The van der Waals surface area contributed by atoms with Gasteiger partial charge >= 0.3 is 6.03 Å². The highest BCUT2D eigenvalue weighted by molar-refractivity contribution is 5.74. The van der Waals surface area contributed by atoms with Crippen molar-refractivity contribution in [1.82, 2.24) is 20.4 Å². The van der Waals surface area contributed by atoms with Gasteiger partial charge in [0, 0.05) is 71.5 Å². The quantitative estimate of drug-likeness (QED) is 0.620.